The normalized spacial score (nSPS) is 11.6. The molecule has 0 N–H and O–H groups in total. The first kappa shape index (κ1) is 8.54. The van der Waals surface area contributed by atoms with Crippen LogP contribution in [0.5, 0.6) is 0 Å². The van der Waals surface area contributed by atoms with Gasteiger partial charge < -0.3 is 0 Å². The van der Waals surface area contributed by atoms with Crippen LogP contribution in [0.4, 0.5) is 0 Å². The second kappa shape index (κ2) is 4.35. The Hall–Kier alpha value is -0.560. The molecule has 1 aromatic carbocycles. The van der Waals surface area contributed by atoms with Crippen molar-refractivity contribution in [2.24, 2.45) is 0 Å². The molecule has 58 valence electrons. The molecule has 0 aromatic heterocycles. The molecule has 0 saturated carbocycles. The van der Waals surface area contributed by atoms with E-state index in [9.17, 15) is 0 Å². The Morgan fingerprint density at radius 3 is 2.45 bits per heavy atom. The average molecular weight is 211 g/mol. The van der Waals surface area contributed by atoms with Crippen LogP contribution in [-0.2, 0) is 0 Å². The molecule has 0 atom stereocenters. The van der Waals surface area contributed by atoms with Crippen LogP contribution < -0.4 is 0 Å². The van der Waals surface area contributed by atoms with Gasteiger partial charge in [-0.2, -0.15) is 0 Å². The monoisotopic (exact) mass is 210 g/mol. The molecule has 1 aromatic rings. The molecule has 0 radical (unpaired) electrons. The van der Waals surface area contributed by atoms with Crippen molar-refractivity contribution < 1.29 is 0 Å². The SMILES string of the molecule is CC=C(CBr)c1ccccc1. The van der Waals surface area contributed by atoms with Crippen LogP contribution in [0.1, 0.15) is 12.5 Å². The first-order chi connectivity index (χ1) is 5.38. The fraction of sp³-hybridized carbons (Fsp3) is 0.200. The van der Waals surface area contributed by atoms with Gasteiger partial charge in [0.2, 0.25) is 0 Å². The first-order valence-electron chi connectivity index (χ1n) is 3.65. The van der Waals surface area contributed by atoms with Crippen LogP contribution >= 0.6 is 15.9 Å². The van der Waals surface area contributed by atoms with E-state index in [0.29, 0.717) is 0 Å². The van der Waals surface area contributed by atoms with Gasteiger partial charge in [-0.05, 0) is 18.1 Å². The molecule has 11 heavy (non-hydrogen) atoms. The predicted molar refractivity (Wildman–Crippen MR) is 53.9 cm³/mol. The highest BCUT2D eigenvalue weighted by Gasteiger charge is 1.94. The Labute approximate surface area is 76.1 Å². The standard InChI is InChI=1S/C10H11Br/c1-2-9(8-11)10-6-4-3-5-7-10/h2-7H,8H2,1H3. The summed E-state index contributed by atoms with van der Waals surface area (Å²) in [6, 6.07) is 10.4. The van der Waals surface area contributed by atoms with E-state index in [0.717, 1.165) is 5.33 Å². The summed E-state index contributed by atoms with van der Waals surface area (Å²) in [6.45, 7) is 2.06. The number of hydrogen-bond donors (Lipinski definition) is 0. The van der Waals surface area contributed by atoms with E-state index in [1.165, 1.54) is 11.1 Å². The van der Waals surface area contributed by atoms with Crippen molar-refractivity contribution in [1.82, 2.24) is 0 Å². The summed E-state index contributed by atoms with van der Waals surface area (Å²) < 4.78 is 0. The molecule has 0 aliphatic carbocycles. The maximum atomic E-state index is 3.44. The molecule has 0 spiro atoms. The Morgan fingerprint density at radius 1 is 1.36 bits per heavy atom. The summed E-state index contributed by atoms with van der Waals surface area (Å²) in [5.41, 5.74) is 2.64. The van der Waals surface area contributed by atoms with Crippen LogP contribution in [0, 0.1) is 0 Å². The Kier molecular flexibility index (Phi) is 3.37. The van der Waals surface area contributed by atoms with Crippen LogP contribution in [-0.4, -0.2) is 5.33 Å². The first-order valence-corrected chi connectivity index (χ1v) is 4.77. The number of rotatable bonds is 2. The largest absolute Gasteiger partial charge is 0.0876 e. The summed E-state index contributed by atoms with van der Waals surface area (Å²) in [5.74, 6) is 0. The molecule has 1 heteroatoms. The molecule has 0 heterocycles. The van der Waals surface area contributed by atoms with Gasteiger partial charge in [0.15, 0.2) is 0 Å². The zero-order chi connectivity index (χ0) is 8.10. The molecule has 0 aliphatic rings. The molecule has 0 aliphatic heterocycles. The highest BCUT2D eigenvalue weighted by Crippen LogP contribution is 2.15. The minimum atomic E-state index is 0.924. The minimum Gasteiger partial charge on any atom is -0.0876 e. The van der Waals surface area contributed by atoms with E-state index in [4.69, 9.17) is 0 Å². The second-order valence-electron chi connectivity index (χ2n) is 2.31. The van der Waals surface area contributed by atoms with E-state index in [1.54, 1.807) is 0 Å². The molecule has 0 fully saturated rings. The van der Waals surface area contributed by atoms with Crippen molar-refractivity contribution in [3.05, 3.63) is 42.0 Å². The van der Waals surface area contributed by atoms with E-state index >= 15 is 0 Å². The summed E-state index contributed by atoms with van der Waals surface area (Å²) in [6.07, 6.45) is 2.13. The molecule has 1 rings (SSSR count). The lowest BCUT2D eigenvalue weighted by Crippen LogP contribution is -1.82. The van der Waals surface area contributed by atoms with Gasteiger partial charge in [-0.15, -0.1) is 0 Å². The fourth-order valence-electron chi connectivity index (χ4n) is 0.973. The van der Waals surface area contributed by atoms with Gasteiger partial charge in [0, 0.05) is 5.33 Å². The summed E-state index contributed by atoms with van der Waals surface area (Å²) >= 11 is 3.44. The molecular weight excluding hydrogens is 200 g/mol. The number of alkyl halides is 1. The van der Waals surface area contributed by atoms with E-state index in [1.807, 2.05) is 6.07 Å². The zero-order valence-electron chi connectivity index (χ0n) is 6.55. The fourth-order valence-corrected chi connectivity index (χ4v) is 1.62. The Bertz CT molecular complexity index is 236. The van der Waals surface area contributed by atoms with Gasteiger partial charge in [0.1, 0.15) is 0 Å². The number of hydrogen-bond acceptors (Lipinski definition) is 0. The van der Waals surface area contributed by atoms with Crippen molar-refractivity contribution in [2.75, 3.05) is 5.33 Å². The summed E-state index contributed by atoms with van der Waals surface area (Å²) in [4.78, 5) is 0. The lowest BCUT2D eigenvalue weighted by Gasteiger charge is -2.00. The highest BCUT2D eigenvalue weighted by molar-refractivity contribution is 9.09. The van der Waals surface area contributed by atoms with Crippen LogP contribution in [0.15, 0.2) is 36.4 Å². The number of halogens is 1. The maximum Gasteiger partial charge on any atom is 0.0285 e. The third kappa shape index (κ3) is 2.19. The van der Waals surface area contributed by atoms with Crippen molar-refractivity contribution >= 4 is 21.5 Å². The third-order valence-corrected chi connectivity index (χ3v) is 2.24. The Balaban J connectivity index is 2.92. The van der Waals surface area contributed by atoms with Crippen LogP contribution in [0.3, 0.4) is 0 Å². The van der Waals surface area contributed by atoms with Crippen molar-refractivity contribution in [3.8, 4) is 0 Å². The predicted octanol–water partition coefficient (Wildman–Crippen LogP) is 3.48. The van der Waals surface area contributed by atoms with Crippen molar-refractivity contribution in [2.45, 2.75) is 6.92 Å². The van der Waals surface area contributed by atoms with Crippen LogP contribution in [0.25, 0.3) is 5.57 Å². The lowest BCUT2D eigenvalue weighted by molar-refractivity contribution is 1.56. The zero-order valence-corrected chi connectivity index (χ0v) is 8.14. The molecule has 0 nitrogen and oxygen atoms in total. The molecule has 0 saturated heterocycles. The molecule has 0 unspecified atom stereocenters. The highest BCUT2D eigenvalue weighted by atomic mass is 79.9. The van der Waals surface area contributed by atoms with Gasteiger partial charge in [-0.25, -0.2) is 0 Å². The maximum absolute atomic E-state index is 3.44. The van der Waals surface area contributed by atoms with E-state index in [-0.39, 0.29) is 0 Å². The van der Waals surface area contributed by atoms with Gasteiger partial charge >= 0.3 is 0 Å². The Morgan fingerprint density at radius 2 is 2.00 bits per heavy atom. The topological polar surface area (TPSA) is 0 Å². The van der Waals surface area contributed by atoms with Crippen molar-refractivity contribution in [3.63, 3.8) is 0 Å². The van der Waals surface area contributed by atoms with Crippen LogP contribution in [0.2, 0.25) is 0 Å². The van der Waals surface area contributed by atoms with Gasteiger partial charge in [0.05, 0.1) is 0 Å². The minimum absolute atomic E-state index is 0.924. The summed E-state index contributed by atoms with van der Waals surface area (Å²) in [5, 5.41) is 0.924. The van der Waals surface area contributed by atoms with Gasteiger partial charge in [-0.3, -0.25) is 0 Å². The van der Waals surface area contributed by atoms with Gasteiger partial charge in [0.25, 0.3) is 0 Å². The average Bonchev–Trinajstić information content (AvgIpc) is 2.09. The van der Waals surface area contributed by atoms with Crippen molar-refractivity contribution in [1.29, 1.82) is 0 Å². The molecule has 0 amide bonds. The van der Waals surface area contributed by atoms with Gasteiger partial charge in [-0.1, -0.05) is 52.3 Å². The van der Waals surface area contributed by atoms with E-state index < -0.39 is 0 Å². The number of allylic oxidation sites excluding steroid dienone is 2. The molecule has 0 bridgehead atoms. The lowest BCUT2D eigenvalue weighted by atomic mass is 10.1. The summed E-state index contributed by atoms with van der Waals surface area (Å²) in [7, 11) is 0. The van der Waals surface area contributed by atoms with E-state index in [2.05, 4.69) is 53.2 Å². The number of benzene rings is 1. The molecular formula is C10H11Br. The quantitative estimate of drug-likeness (QED) is 0.657. The second-order valence-corrected chi connectivity index (χ2v) is 2.87. The third-order valence-electron chi connectivity index (χ3n) is 1.64. The smallest absolute Gasteiger partial charge is 0.0285 e.